The van der Waals surface area contributed by atoms with Crippen molar-refractivity contribution in [3.63, 3.8) is 0 Å². The second-order valence-electron chi connectivity index (χ2n) is 5.32. The number of nitrogens with zero attached hydrogens (tertiary/aromatic N) is 3. The zero-order valence-electron chi connectivity index (χ0n) is 12.6. The molecule has 0 saturated carbocycles. The SMILES string of the molecule is Cn1c(Nc2nc3ccc(Cl)cc3s2)nc2cc(C(N)=O)ccc21. The number of nitrogens with one attached hydrogen (secondary N) is 1. The summed E-state index contributed by atoms with van der Waals surface area (Å²) in [6.45, 7) is 0. The van der Waals surface area contributed by atoms with E-state index in [1.807, 2.05) is 35.9 Å². The normalized spacial score (nSPS) is 11.2. The highest BCUT2D eigenvalue weighted by atomic mass is 35.5. The van der Waals surface area contributed by atoms with E-state index in [0.29, 0.717) is 22.1 Å². The summed E-state index contributed by atoms with van der Waals surface area (Å²) >= 11 is 7.51. The number of nitrogens with two attached hydrogens (primary N) is 1. The molecule has 0 aliphatic carbocycles. The van der Waals surface area contributed by atoms with E-state index in [1.165, 1.54) is 11.3 Å². The van der Waals surface area contributed by atoms with Crippen LogP contribution in [-0.4, -0.2) is 20.4 Å². The van der Waals surface area contributed by atoms with Gasteiger partial charge in [-0.15, -0.1) is 0 Å². The molecule has 0 saturated heterocycles. The van der Waals surface area contributed by atoms with Crippen LogP contribution in [0.25, 0.3) is 21.3 Å². The Morgan fingerprint density at radius 3 is 2.83 bits per heavy atom. The molecule has 0 fully saturated rings. The minimum Gasteiger partial charge on any atom is -0.366 e. The minimum absolute atomic E-state index is 0.432. The van der Waals surface area contributed by atoms with Crippen LogP contribution in [0.3, 0.4) is 0 Å². The predicted octanol–water partition coefficient (Wildman–Crippen LogP) is 3.68. The first-order valence-electron chi connectivity index (χ1n) is 7.10. The van der Waals surface area contributed by atoms with Gasteiger partial charge in [-0.1, -0.05) is 22.9 Å². The highest BCUT2D eigenvalue weighted by molar-refractivity contribution is 7.22. The molecule has 6 nitrogen and oxygen atoms in total. The molecule has 0 radical (unpaired) electrons. The lowest BCUT2D eigenvalue weighted by atomic mass is 10.2. The Bertz CT molecular complexity index is 1100. The first kappa shape index (κ1) is 14.9. The summed E-state index contributed by atoms with van der Waals surface area (Å²) in [5.41, 5.74) is 8.22. The van der Waals surface area contributed by atoms with Crippen LogP contribution in [0.4, 0.5) is 11.1 Å². The van der Waals surface area contributed by atoms with Gasteiger partial charge in [0.05, 0.1) is 21.3 Å². The van der Waals surface area contributed by atoms with Crippen LogP contribution in [-0.2, 0) is 7.05 Å². The molecule has 2 heterocycles. The minimum atomic E-state index is -0.472. The maximum atomic E-state index is 11.3. The lowest BCUT2D eigenvalue weighted by Gasteiger charge is -2.02. The van der Waals surface area contributed by atoms with Crippen molar-refractivity contribution in [2.75, 3.05) is 5.32 Å². The summed E-state index contributed by atoms with van der Waals surface area (Å²) in [6.07, 6.45) is 0. The number of rotatable bonds is 3. The van der Waals surface area contributed by atoms with Gasteiger partial charge in [-0.25, -0.2) is 9.97 Å². The van der Waals surface area contributed by atoms with Crippen molar-refractivity contribution in [1.29, 1.82) is 0 Å². The third kappa shape index (κ3) is 2.47. The van der Waals surface area contributed by atoms with Crippen LogP contribution in [0.5, 0.6) is 0 Å². The summed E-state index contributed by atoms with van der Waals surface area (Å²) in [5, 5.41) is 4.62. The van der Waals surface area contributed by atoms with E-state index >= 15 is 0 Å². The summed E-state index contributed by atoms with van der Waals surface area (Å²) in [7, 11) is 1.89. The molecule has 4 aromatic rings. The van der Waals surface area contributed by atoms with Gasteiger partial charge in [0.25, 0.3) is 0 Å². The third-order valence-electron chi connectivity index (χ3n) is 3.73. The van der Waals surface area contributed by atoms with E-state index in [4.69, 9.17) is 17.3 Å². The Kier molecular flexibility index (Phi) is 3.40. The molecule has 2 aromatic heterocycles. The van der Waals surface area contributed by atoms with E-state index < -0.39 is 5.91 Å². The molecule has 0 spiro atoms. The maximum Gasteiger partial charge on any atom is 0.248 e. The molecule has 0 aliphatic rings. The van der Waals surface area contributed by atoms with Crippen LogP contribution < -0.4 is 11.1 Å². The van der Waals surface area contributed by atoms with Crippen molar-refractivity contribution < 1.29 is 4.79 Å². The number of carbonyl (C=O) groups is 1. The number of benzene rings is 2. The van der Waals surface area contributed by atoms with E-state index in [0.717, 1.165) is 20.9 Å². The number of aromatic nitrogens is 3. The number of anilines is 2. The number of halogens is 1. The molecule has 0 aliphatic heterocycles. The predicted molar refractivity (Wildman–Crippen MR) is 97.1 cm³/mol. The number of primary amides is 1. The fourth-order valence-corrected chi connectivity index (χ4v) is 3.65. The van der Waals surface area contributed by atoms with Crippen LogP contribution in [0.2, 0.25) is 5.02 Å². The lowest BCUT2D eigenvalue weighted by molar-refractivity contribution is 0.100. The van der Waals surface area contributed by atoms with Crippen molar-refractivity contribution in [3.05, 3.63) is 47.0 Å². The molecule has 1 amide bonds. The average molecular weight is 358 g/mol. The van der Waals surface area contributed by atoms with Gasteiger partial charge in [0.15, 0.2) is 5.13 Å². The molecule has 8 heteroatoms. The monoisotopic (exact) mass is 357 g/mol. The number of fused-ring (bicyclic) bond motifs is 2. The van der Waals surface area contributed by atoms with E-state index in [9.17, 15) is 4.79 Å². The summed E-state index contributed by atoms with van der Waals surface area (Å²) in [5.74, 6) is 0.164. The largest absolute Gasteiger partial charge is 0.366 e. The molecule has 0 bridgehead atoms. The number of carbonyl (C=O) groups excluding carboxylic acids is 1. The fraction of sp³-hybridized carbons (Fsp3) is 0.0625. The third-order valence-corrected chi connectivity index (χ3v) is 4.90. The average Bonchev–Trinajstić information content (AvgIpc) is 3.08. The molecular weight excluding hydrogens is 346 g/mol. The molecule has 0 atom stereocenters. The molecular formula is C16H12ClN5OS. The lowest BCUT2D eigenvalue weighted by Crippen LogP contribution is -2.10. The quantitative estimate of drug-likeness (QED) is 0.585. The Labute approximate surface area is 145 Å². The number of thiazole rings is 1. The van der Waals surface area contributed by atoms with Gasteiger partial charge in [0, 0.05) is 17.6 Å². The Morgan fingerprint density at radius 2 is 2.04 bits per heavy atom. The molecule has 3 N–H and O–H groups in total. The van der Waals surface area contributed by atoms with Gasteiger partial charge in [0.1, 0.15) is 0 Å². The topological polar surface area (TPSA) is 85.8 Å². The molecule has 24 heavy (non-hydrogen) atoms. The van der Waals surface area contributed by atoms with Crippen molar-refractivity contribution >= 4 is 61.2 Å². The number of amides is 1. The van der Waals surface area contributed by atoms with Gasteiger partial charge in [-0.05, 0) is 36.4 Å². The van der Waals surface area contributed by atoms with Crippen LogP contribution >= 0.6 is 22.9 Å². The van der Waals surface area contributed by atoms with Gasteiger partial charge < -0.3 is 15.6 Å². The van der Waals surface area contributed by atoms with Crippen molar-refractivity contribution in [2.45, 2.75) is 0 Å². The molecule has 120 valence electrons. The second-order valence-corrected chi connectivity index (χ2v) is 6.79. The molecule has 4 rings (SSSR count). The van der Waals surface area contributed by atoms with Crippen LogP contribution in [0.15, 0.2) is 36.4 Å². The zero-order valence-corrected chi connectivity index (χ0v) is 14.1. The number of hydrogen-bond donors (Lipinski definition) is 2. The van der Waals surface area contributed by atoms with Gasteiger partial charge in [-0.3, -0.25) is 4.79 Å². The van der Waals surface area contributed by atoms with Gasteiger partial charge >= 0.3 is 0 Å². The summed E-state index contributed by atoms with van der Waals surface area (Å²) in [4.78, 5) is 20.4. The van der Waals surface area contributed by atoms with Crippen molar-refractivity contribution in [3.8, 4) is 0 Å². The standard InChI is InChI=1S/C16H12ClN5OS/c1-22-12-5-2-8(14(18)23)6-11(12)19-15(22)21-16-20-10-4-3-9(17)7-13(10)24-16/h2-7H,1H3,(H2,18,23)(H,19,20,21). The Hall–Kier alpha value is -2.64. The summed E-state index contributed by atoms with van der Waals surface area (Å²) in [6, 6.07) is 10.8. The van der Waals surface area contributed by atoms with E-state index in [-0.39, 0.29) is 0 Å². The van der Waals surface area contributed by atoms with Crippen LogP contribution in [0, 0.1) is 0 Å². The molecule has 2 aromatic carbocycles. The van der Waals surface area contributed by atoms with Gasteiger partial charge in [-0.2, -0.15) is 0 Å². The zero-order chi connectivity index (χ0) is 16.8. The molecule has 0 unspecified atom stereocenters. The number of imidazole rings is 1. The van der Waals surface area contributed by atoms with Crippen LogP contribution in [0.1, 0.15) is 10.4 Å². The Morgan fingerprint density at radius 1 is 1.21 bits per heavy atom. The Balaban J connectivity index is 1.75. The summed E-state index contributed by atoms with van der Waals surface area (Å²) < 4.78 is 2.90. The highest BCUT2D eigenvalue weighted by Crippen LogP contribution is 2.30. The van der Waals surface area contributed by atoms with Crippen molar-refractivity contribution in [1.82, 2.24) is 14.5 Å². The van der Waals surface area contributed by atoms with E-state index in [2.05, 4.69) is 15.3 Å². The maximum absolute atomic E-state index is 11.3. The number of aryl methyl sites for hydroxylation is 1. The second kappa shape index (κ2) is 5.47. The number of hydrogen-bond acceptors (Lipinski definition) is 5. The smallest absolute Gasteiger partial charge is 0.248 e. The fourth-order valence-electron chi connectivity index (χ4n) is 2.51. The van der Waals surface area contributed by atoms with Gasteiger partial charge in [0.2, 0.25) is 11.9 Å². The first-order chi connectivity index (χ1) is 11.5. The van der Waals surface area contributed by atoms with Crippen molar-refractivity contribution in [2.24, 2.45) is 12.8 Å². The highest BCUT2D eigenvalue weighted by Gasteiger charge is 2.12. The first-order valence-corrected chi connectivity index (χ1v) is 8.30. The van der Waals surface area contributed by atoms with E-state index in [1.54, 1.807) is 12.1 Å².